The van der Waals surface area contributed by atoms with Gasteiger partial charge in [-0.15, -0.1) is 0 Å². The van der Waals surface area contributed by atoms with Crippen molar-refractivity contribution in [1.82, 2.24) is 5.32 Å². The third-order valence-corrected chi connectivity index (χ3v) is 3.45. The maximum Gasteiger partial charge on any atom is 0.00720 e. The van der Waals surface area contributed by atoms with E-state index >= 15 is 0 Å². The standard InChI is InChI=1S/C17H37N/c1-6-8-9-10-11-12-13-16(18-14-7-2)15-17(3,4)5/h16,18H,6-15H2,1-5H3. The second-order valence-electron chi connectivity index (χ2n) is 6.97. The van der Waals surface area contributed by atoms with E-state index in [9.17, 15) is 0 Å². The molecular weight excluding hydrogens is 218 g/mol. The van der Waals surface area contributed by atoms with Crippen molar-refractivity contribution < 1.29 is 0 Å². The third-order valence-electron chi connectivity index (χ3n) is 3.45. The molecule has 0 heterocycles. The van der Waals surface area contributed by atoms with Crippen LogP contribution in [0.1, 0.15) is 92.4 Å². The topological polar surface area (TPSA) is 12.0 Å². The number of hydrogen-bond donors (Lipinski definition) is 1. The zero-order valence-electron chi connectivity index (χ0n) is 13.6. The number of nitrogens with one attached hydrogen (secondary N) is 1. The van der Waals surface area contributed by atoms with Gasteiger partial charge in [-0.25, -0.2) is 0 Å². The Labute approximate surface area is 116 Å². The highest BCUT2D eigenvalue weighted by atomic mass is 14.9. The quantitative estimate of drug-likeness (QED) is 0.478. The molecule has 1 nitrogen and oxygen atoms in total. The second kappa shape index (κ2) is 10.8. The molecule has 0 aliphatic rings. The van der Waals surface area contributed by atoms with Crippen LogP contribution in [0.5, 0.6) is 0 Å². The van der Waals surface area contributed by atoms with Crippen molar-refractivity contribution in [2.75, 3.05) is 6.54 Å². The molecule has 110 valence electrons. The van der Waals surface area contributed by atoms with Crippen molar-refractivity contribution in [3.05, 3.63) is 0 Å². The molecule has 0 amide bonds. The van der Waals surface area contributed by atoms with Crippen molar-refractivity contribution in [3.8, 4) is 0 Å². The van der Waals surface area contributed by atoms with Crippen molar-refractivity contribution in [2.24, 2.45) is 5.41 Å². The van der Waals surface area contributed by atoms with E-state index in [-0.39, 0.29) is 0 Å². The summed E-state index contributed by atoms with van der Waals surface area (Å²) in [5.41, 5.74) is 0.452. The Bertz CT molecular complexity index is 169. The van der Waals surface area contributed by atoms with E-state index in [2.05, 4.69) is 39.9 Å². The molecule has 0 radical (unpaired) electrons. The Morgan fingerprint density at radius 3 is 2.00 bits per heavy atom. The molecule has 0 fully saturated rings. The molecule has 1 N–H and O–H groups in total. The molecule has 0 rings (SSSR count). The minimum atomic E-state index is 0.452. The van der Waals surface area contributed by atoms with Gasteiger partial charge in [0, 0.05) is 6.04 Å². The van der Waals surface area contributed by atoms with Gasteiger partial charge in [-0.2, -0.15) is 0 Å². The van der Waals surface area contributed by atoms with Crippen LogP contribution in [0.15, 0.2) is 0 Å². The van der Waals surface area contributed by atoms with E-state index < -0.39 is 0 Å². The van der Waals surface area contributed by atoms with Crippen LogP contribution in [0.2, 0.25) is 0 Å². The summed E-state index contributed by atoms with van der Waals surface area (Å²) < 4.78 is 0. The fourth-order valence-electron chi connectivity index (χ4n) is 2.54. The van der Waals surface area contributed by atoms with E-state index in [4.69, 9.17) is 0 Å². The normalized spacial score (nSPS) is 13.8. The molecular formula is C17H37N. The van der Waals surface area contributed by atoms with Gasteiger partial charge >= 0.3 is 0 Å². The van der Waals surface area contributed by atoms with Gasteiger partial charge in [0.2, 0.25) is 0 Å². The highest BCUT2D eigenvalue weighted by molar-refractivity contribution is 4.74. The Morgan fingerprint density at radius 1 is 0.833 bits per heavy atom. The summed E-state index contributed by atoms with van der Waals surface area (Å²) in [5, 5.41) is 3.73. The number of hydrogen-bond acceptors (Lipinski definition) is 1. The van der Waals surface area contributed by atoms with Crippen LogP contribution in [-0.4, -0.2) is 12.6 Å². The lowest BCUT2D eigenvalue weighted by Gasteiger charge is -2.27. The Kier molecular flexibility index (Phi) is 10.8. The lowest BCUT2D eigenvalue weighted by molar-refractivity contribution is 0.293. The number of rotatable bonds is 11. The van der Waals surface area contributed by atoms with Gasteiger partial charge in [-0.3, -0.25) is 0 Å². The molecule has 0 saturated carbocycles. The van der Waals surface area contributed by atoms with E-state index in [1.54, 1.807) is 0 Å². The molecule has 1 unspecified atom stereocenters. The molecule has 0 aromatic carbocycles. The fraction of sp³-hybridized carbons (Fsp3) is 1.00. The van der Waals surface area contributed by atoms with E-state index in [0.717, 1.165) is 6.04 Å². The minimum Gasteiger partial charge on any atom is -0.314 e. The first-order valence-electron chi connectivity index (χ1n) is 8.23. The Morgan fingerprint density at radius 2 is 1.44 bits per heavy atom. The Hall–Kier alpha value is -0.0400. The second-order valence-corrected chi connectivity index (χ2v) is 6.97. The average molecular weight is 255 g/mol. The molecule has 0 aromatic heterocycles. The molecule has 0 spiro atoms. The van der Waals surface area contributed by atoms with Gasteiger partial charge < -0.3 is 5.32 Å². The molecule has 18 heavy (non-hydrogen) atoms. The van der Waals surface area contributed by atoms with Crippen molar-refractivity contribution in [2.45, 2.75) is 98.4 Å². The summed E-state index contributed by atoms with van der Waals surface area (Å²) in [5.74, 6) is 0. The summed E-state index contributed by atoms with van der Waals surface area (Å²) in [6, 6.07) is 0.733. The van der Waals surface area contributed by atoms with Crippen LogP contribution >= 0.6 is 0 Å². The van der Waals surface area contributed by atoms with Crippen LogP contribution < -0.4 is 5.32 Å². The molecule has 1 atom stereocenters. The first-order valence-corrected chi connectivity index (χ1v) is 8.23. The molecule has 0 aliphatic heterocycles. The highest BCUT2D eigenvalue weighted by Crippen LogP contribution is 2.23. The smallest absolute Gasteiger partial charge is 0.00720 e. The predicted molar refractivity (Wildman–Crippen MR) is 84.1 cm³/mol. The first-order chi connectivity index (χ1) is 8.49. The SMILES string of the molecule is CCCCCCCCC(CC(C)(C)C)NCCC. The fourth-order valence-corrected chi connectivity index (χ4v) is 2.54. The van der Waals surface area contributed by atoms with Crippen LogP contribution in [0.3, 0.4) is 0 Å². The molecule has 0 aromatic rings. The van der Waals surface area contributed by atoms with E-state index in [1.807, 2.05) is 0 Å². The lowest BCUT2D eigenvalue weighted by Crippen LogP contribution is -2.33. The van der Waals surface area contributed by atoms with Gasteiger partial charge in [0.05, 0.1) is 0 Å². The molecule has 0 saturated heterocycles. The summed E-state index contributed by atoms with van der Waals surface area (Å²) in [7, 11) is 0. The molecule has 0 bridgehead atoms. The van der Waals surface area contributed by atoms with Crippen molar-refractivity contribution >= 4 is 0 Å². The summed E-state index contributed by atoms with van der Waals surface area (Å²) in [6.45, 7) is 12.8. The largest absolute Gasteiger partial charge is 0.314 e. The first kappa shape index (κ1) is 18.0. The summed E-state index contributed by atoms with van der Waals surface area (Å²) in [4.78, 5) is 0. The minimum absolute atomic E-state index is 0.452. The zero-order chi connectivity index (χ0) is 13.9. The molecule has 0 aliphatic carbocycles. The highest BCUT2D eigenvalue weighted by Gasteiger charge is 2.17. The van der Waals surface area contributed by atoms with Crippen LogP contribution in [0.4, 0.5) is 0 Å². The average Bonchev–Trinajstić information content (AvgIpc) is 2.28. The van der Waals surface area contributed by atoms with Crippen LogP contribution in [0, 0.1) is 5.41 Å². The van der Waals surface area contributed by atoms with Gasteiger partial charge in [0.1, 0.15) is 0 Å². The maximum absolute atomic E-state index is 3.73. The Balaban J connectivity index is 3.72. The predicted octanol–water partition coefficient (Wildman–Crippen LogP) is 5.54. The van der Waals surface area contributed by atoms with Crippen molar-refractivity contribution in [1.29, 1.82) is 0 Å². The van der Waals surface area contributed by atoms with E-state index in [0.29, 0.717) is 5.41 Å². The summed E-state index contributed by atoms with van der Waals surface area (Å²) >= 11 is 0. The number of unbranched alkanes of at least 4 members (excludes halogenated alkanes) is 5. The maximum atomic E-state index is 3.73. The lowest BCUT2D eigenvalue weighted by atomic mass is 9.86. The monoisotopic (exact) mass is 255 g/mol. The molecule has 1 heteroatoms. The van der Waals surface area contributed by atoms with Gasteiger partial charge in [-0.1, -0.05) is 73.1 Å². The van der Waals surface area contributed by atoms with Crippen molar-refractivity contribution in [3.63, 3.8) is 0 Å². The zero-order valence-corrected chi connectivity index (χ0v) is 13.6. The van der Waals surface area contributed by atoms with Gasteiger partial charge in [0.15, 0.2) is 0 Å². The van der Waals surface area contributed by atoms with Crippen LogP contribution in [-0.2, 0) is 0 Å². The van der Waals surface area contributed by atoms with Crippen LogP contribution in [0.25, 0.3) is 0 Å². The third kappa shape index (κ3) is 12.4. The van der Waals surface area contributed by atoms with Gasteiger partial charge in [0.25, 0.3) is 0 Å². The summed E-state index contributed by atoms with van der Waals surface area (Å²) in [6.07, 6.45) is 12.4. The van der Waals surface area contributed by atoms with Gasteiger partial charge in [-0.05, 0) is 31.2 Å². The van der Waals surface area contributed by atoms with E-state index in [1.165, 1.54) is 64.3 Å².